The van der Waals surface area contributed by atoms with Gasteiger partial charge in [-0.15, -0.1) is 0 Å². The van der Waals surface area contributed by atoms with Crippen molar-refractivity contribution >= 4 is 5.97 Å². The molecule has 1 aromatic rings. The number of carbonyl (C=O) groups excluding carboxylic acids is 1. The van der Waals surface area contributed by atoms with E-state index in [-0.39, 0.29) is 17.3 Å². The molecule has 0 saturated heterocycles. The summed E-state index contributed by atoms with van der Waals surface area (Å²) < 4.78 is 5.74. The molecule has 3 aliphatic carbocycles. The molecular weight excluding hydrogens is 324 g/mol. The van der Waals surface area contributed by atoms with Crippen molar-refractivity contribution in [1.82, 2.24) is 0 Å². The predicted molar refractivity (Wildman–Crippen MR) is 104 cm³/mol. The minimum absolute atomic E-state index is 0.136. The molecular formula is C23H32O3. The van der Waals surface area contributed by atoms with E-state index in [9.17, 15) is 9.90 Å². The molecule has 0 heterocycles. The second kappa shape index (κ2) is 6.84. The molecule has 1 aromatic carbocycles. The summed E-state index contributed by atoms with van der Waals surface area (Å²) >= 11 is 0. The first kappa shape index (κ1) is 19.2. The molecule has 3 saturated carbocycles. The van der Waals surface area contributed by atoms with Crippen molar-refractivity contribution in [1.29, 1.82) is 0 Å². The van der Waals surface area contributed by atoms with Gasteiger partial charge in [0, 0.05) is 0 Å². The molecule has 4 rings (SSSR count). The molecule has 2 bridgehead atoms. The molecule has 3 nitrogen and oxygen atoms in total. The molecule has 0 radical (unpaired) electrons. The Kier molecular flexibility index (Phi) is 5.04. The lowest BCUT2D eigenvalue weighted by Crippen LogP contribution is -2.67. The van der Waals surface area contributed by atoms with Gasteiger partial charge in [0.15, 0.2) is 0 Å². The molecule has 4 atom stereocenters. The Morgan fingerprint density at radius 3 is 2.42 bits per heavy atom. The van der Waals surface area contributed by atoms with Crippen LogP contribution in [0.2, 0.25) is 0 Å². The van der Waals surface area contributed by atoms with Crippen LogP contribution in [0, 0.1) is 23.2 Å². The third-order valence-electron chi connectivity index (χ3n) is 6.64. The lowest BCUT2D eigenvalue weighted by Gasteiger charge is -2.64. The van der Waals surface area contributed by atoms with Crippen LogP contribution in [0.4, 0.5) is 0 Å². The number of rotatable bonds is 5. The largest absolute Gasteiger partial charge is 0.456 e. The summed E-state index contributed by atoms with van der Waals surface area (Å²) in [6.45, 7) is 10.6. The fourth-order valence-electron chi connectivity index (χ4n) is 4.75. The summed E-state index contributed by atoms with van der Waals surface area (Å²) in [5, 5.41) is 11.0. The highest BCUT2D eigenvalue weighted by molar-refractivity contribution is 5.89. The number of hydrogen-bond donors (Lipinski definition) is 1. The smallest absolute Gasteiger partial charge is 0.338 e. The highest BCUT2D eigenvalue weighted by Crippen LogP contribution is 2.63. The van der Waals surface area contributed by atoms with E-state index in [0.29, 0.717) is 17.4 Å². The molecule has 0 spiro atoms. The van der Waals surface area contributed by atoms with E-state index < -0.39 is 11.7 Å². The monoisotopic (exact) mass is 356 g/mol. The van der Waals surface area contributed by atoms with E-state index in [0.717, 1.165) is 19.3 Å². The SMILES string of the molecule is CC(C)/C=C/Cc1ccc(C(=O)O[C@@H]2C[C@@H]3C[C@@H](C3(C)C)[C@]2(C)O)cc1. The first-order chi connectivity index (χ1) is 12.1. The van der Waals surface area contributed by atoms with Crippen LogP contribution in [0.5, 0.6) is 0 Å². The van der Waals surface area contributed by atoms with E-state index >= 15 is 0 Å². The maximum absolute atomic E-state index is 12.6. The Morgan fingerprint density at radius 1 is 1.23 bits per heavy atom. The average molecular weight is 357 g/mol. The van der Waals surface area contributed by atoms with Crippen LogP contribution < -0.4 is 0 Å². The van der Waals surface area contributed by atoms with Gasteiger partial charge >= 0.3 is 5.97 Å². The molecule has 0 unspecified atom stereocenters. The lowest BCUT2D eigenvalue weighted by atomic mass is 9.43. The normalized spacial score (nSPS) is 32.5. The number of hydrogen-bond acceptors (Lipinski definition) is 3. The fourth-order valence-corrected chi connectivity index (χ4v) is 4.75. The van der Waals surface area contributed by atoms with Gasteiger partial charge < -0.3 is 9.84 Å². The maximum atomic E-state index is 12.6. The number of carbonyl (C=O) groups is 1. The van der Waals surface area contributed by atoms with Crippen molar-refractivity contribution in [2.45, 2.75) is 65.6 Å². The summed E-state index contributed by atoms with van der Waals surface area (Å²) in [7, 11) is 0. The quantitative estimate of drug-likeness (QED) is 0.610. The van der Waals surface area contributed by atoms with Crippen molar-refractivity contribution in [3.63, 3.8) is 0 Å². The minimum atomic E-state index is -0.949. The molecule has 3 aliphatic rings. The molecule has 3 heteroatoms. The number of aliphatic hydroxyl groups is 1. The first-order valence-corrected chi connectivity index (χ1v) is 9.81. The maximum Gasteiger partial charge on any atom is 0.338 e. The van der Waals surface area contributed by atoms with Crippen LogP contribution in [0.1, 0.15) is 63.4 Å². The van der Waals surface area contributed by atoms with Crippen LogP contribution in [0.25, 0.3) is 0 Å². The third-order valence-corrected chi connectivity index (χ3v) is 6.64. The number of benzene rings is 1. The number of allylic oxidation sites excluding steroid dienone is 2. The van der Waals surface area contributed by atoms with Gasteiger partial charge in [0.2, 0.25) is 0 Å². The third kappa shape index (κ3) is 3.46. The van der Waals surface area contributed by atoms with Gasteiger partial charge in [-0.3, -0.25) is 0 Å². The van der Waals surface area contributed by atoms with Gasteiger partial charge in [-0.2, -0.15) is 0 Å². The molecule has 142 valence electrons. The van der Waals surface area contributed by atoms with Crippen LogP contribution in [-0.4, -0.2) is 22.8 Å². The Hall–Kier alpha value is -1.61. The fraction of sp³-hybridized carbons (Fsp3) is 0.609. The topological polar surface area (TPSA) is 46.5 Å². The second-order valence-electron chi connectivity index (χ2n) is 9.24. The van der Waals surface area contributed by atoms with Crippen LogP contribution >= 0.6 is 0 Å². The Morgan fingerprint density at radius 2 is 1.88 bits per heavy atom. The summed E-state index contributed by atoms with van der Waals surface area (Å²) in [6.07, 6.45) is 6.57. The lowest BCUT2D eigenvalue weighted by molar-refractivity contribution is -0.244. The number of ether oxygens (including phenoxy) is 1. The van der Waals surface area contributed by atoms with E-state index in [1.807, 2.05) is 31.2 Å². The van der Waals surface area contributed by atoms with Crippen molar-refractivity contribution in [2.75, 3.05) is 0 Å². The molecule has 1 N–H and O–H groups in total. The van der Waals surface area contributed by atoms with E-state index in [1.54, 1.807) is 0 Å². The zero-order chi connectivity index (χ0) is 19.1. The zero-order valence-corrected chi connectivity index (χ0v) is 16.7. The second-order valence-corrected chi connectivity index (χ2v) is 9.24. The van der Waals surface area contributed by atoms with Crippen molar-refractivity contribution in [3.05, 3.63) is 47.5 Å². The molecule has 3 fully saturated rings. The summed E-state index contributed by atoms with van der Waals surface area (Å²) in [4.78, 5) is 12.6. The molecule has 0 aromatic heterocycles. The van der Waals surface area contributed by atoms with Crippen LogP contribution in [-0.2, 0) is 11.2 Å². The highest BCUT2D eigenvalue weighted by Gasteiger charge is 2.64. The van der Waals surface area contributed by atoms with Gasteiger partial charge in [0.1, 0.15) is 11.7 Å². The summed E-state index contributed by atoms with van der Waals surface area (Å²) in [6, 6.07) is 7.59. The minimum Gasteiger partial charge on any atom is -0.456 e. The number of fused-ring (bicyclic) bond motifs is 2. The standard InChI is InChI=1S/C23H32O3/c1-15(2)7-6-8-16-9-11-17(12-10-16)21(24)26-20-14-18-13-19(22(18,3)4)23(20,5)25/h6-7,9-12,15,18-20,25H,8,13-14H2,1-5H3/b7-6+/t18-,19-,20+,23-/m0/s1. The van der Waals surface area contributed by atoms with Crippen LogP contribution in [0.15, 0.2) is 36.4 Å². The van der Waals surface area contributed by atoms with Crippen molar-refractivity contribution in [3.8, 4) is 0 Å². The Labute approximate surface area is 157 Å². The summed E-state index contributed by atoms with van der Waals surface area (Å²) in [5.74, 6) is 0.935. The predicted octanol–water partition coefficient (Wildman–Crippen LogP) is 4.78. The van der Waals surface area contributed by atoms with E-state index in [1.165, 1.54) is 5.56 Å². The molecule has 26 heavy (non-hydrogen) atoms. The van der Waals surface area contributed by atoms with Gasteiger partial charge in [-0.05, 0) is 67.1 Å². The Balaban J connectivity index is 1.62. The first-order valence-electron chi connectivity index (χ1n) is 9.81. The summed E-state index contributed by atoms with van der Waals surface area (Å²) in [5.41, 5.74) is 0.912. The average Bonchev–Trinajstić information content (AvgIpc) is 2.56. The van der Waals surface area contributed by atoms with E-state index in [4.69, 9.17) is 4.74 Å². The molecule has 0 aliphatic heterocycles. The van der Waals surface area contributed by atoms with Crippen LogP contribution in [0.3, 0.4) is 0 Å². The van der Waals surface area contributed by atoms with Crippen molar-refractivity contribution in [2.24, 2.45) is 23.2 Å². The highest BCUT2D eigenvalue weighted by atomic mass is 16.6. The Bertz CT molecular complexity index is 682. The molecule has 0 amide bonds. The number of esters is 1. The van der Waals surface area contributed by atoms with Gasteiger partial charge in [0.05, 0.1) is 5.56 Å². The van der Waals surface area contributed by atoms with E-state index in [2.05, 4.69) is 39.8 Å². The van der Waals surface area contributed by atoms with Gasteiger partial charge in [-0.25, -0.2) is 4.79 Å². The zero-order valence-electron chi connectivity index (χ0n) is 16.7. The van der Waals surface area contributed by atoms with Gasteiger partial charge in [-0.1, -0.05) is 52.0 Å². The van der Waals surface area contributed by atoms with Crippen molar-refractivity contribution < 1.29 is 14.6 Å². The van der Waals surface area contributed by atoms with Gasteiger partial charge in [0.25, 0.3) is 0 Å².